The Morgan fingerprint density at radius 3 is 2.05 bits per heavy atom. The van der Waals surface area contributed by atoms with E-state index >= 15 is 0 Å². The van der Waals surface area contributed by atoms with Gasteiger partial charge in [-0.15, -0.1) is 0 Å². The molecule has 0 saturated carbocycles. The van der Waals surface area contributed by atoms with Crippen LogP contribution in [-0.2, 0) is 13.0 Å². The van der Waals surface area contributed by atoms with E-state index in [-0.39, 0.29) is 0 Å². The molecule has 0 radical (unpaired) electrons. The van der Waals surface area contributed by atoms with Gasteiger partial charge in [0.25, 0.3) is 0 Å². The molecular weight excluding hydrogens is 262 g/mol. The summed E-state index contributed by atoms with van der Waals surface area (Å²) in [5.74, 6) is 1.76. The highest BCUT2D eigenvalue weighted by Gasteiger charge is 2.10. The van der Waals surface area contributed by atoms with Crippen LogP contribution >= 0.6 is 0 Å². The Bertz CT molecular complexity index is 583. The van der Waals surface area contributed by atoms with Crippen LogP contribution in [0.25, 0.3) is 0 Å². The van der Waals surface area contributed by atoms with Crippen LogP contribution in [0.15, 0.2) is 24.3 Å². The number of benzene rings is 1. The molecule has 2 aromatic rings. The summed E-state index contributed by atoms with van der Waals surface area (Å²) in [7, 11) is 5.74. The summed E-state index contributed by atoms with van der Waals surface area (Å²) in [6, 6.07) is 8.15. The third kappa shape index (κ3) is 4.02. The first-order chi connectivity index (χ1) is 9.99. The van der Waals surface area contributed by atoms with Gasteiger partial charge in [0.2, 0.25) is 0 Å². The normalized spacial score (nSPS) is 11.0. The van der Waals surface area contributed by atoms with E-state index in [9.17, 15) is 0 Å². The molecule has 0 aliphatic rings. The SMILES string of the molecule is COc1ccc(Cc2c(C)nc(CN(C)C)nc2C)cc1. The number of methoxy groups -OCH3 is 1. The van der Waals surface area contributed by atoms with Crippen LogP contribution in [-0.4, -0.2) is 36.1 Å². The molecule has 0 unspecified atom stereocenters. The van der Waals surface area contributed by atoms with Gasteiger partial charge in [0, 0.05) is 17.8 Å². The second-order valence-corrected chi connectivity index (χ2v) is 5.55. The third-order valence-electron chi connectivity index (χ3n) is 3.46. The average molecular weight is 285 g/mol. The average Bonchev–Trinajstić information content (AvgIpc) is 2.43. The molecule has 4 nitrogen and oxygen atoms in total. The summed E-state index contributed by atoms with van der Waals surface area (Å²) in [6.45, 7) is 4.89. The number of nitrogens with zero attached hydrogens (tertiary/aromatic N) is 3. The minimum atomic E-state index is 0.768. The molecule has 0 fully saturated rings. The van der Waals surface area contributed by atoms with Gasteiger partial charge in [0.1, 0.15) is 11.6 Å². The van der Waals surface area contributed by atoms with Crippen LogP contribution in [0.1, 0.15) is 28.3 Å². The largest absolute Gasteiger partial charge is 0.497 e. The van der Waals surface area contributed by atoms with Gasteiger partial charge in [-0.25, -0.2) is 9.97 Å². The van der Waals surface area contributed by atoms with E-state index in [0.29, 0.717) is 0 Å². The van der Waals surface area contributed by atoms with Crippen molar-refractivity contribution in [3.05, 3.63) is 52.6 Å². The second kappa shape index (κ2) is 6.68. The van der Waals surface area contributed by atoms with Gasteiger partial charge >= 0.3 is 0 Å². The van der Waals surface area contributed by atoms with E-state index < -0.39 is 0 Å². The number of rotatable bonds is 5. The summed E-state index contributed by atoms with van der Waals surface area (Å²) in [5, 5.41) is 0. The molecule has 0 aliphatic heterocycles. The summed E-state index contributed by atoms with van der Waals surface area (Å²) in [6.07, 6.45) is 0.851. The van der Waals surface area contributed by atoms with Crippen molar-refractivity contribution in [1.29, 1.82) is 0 Å². The van der Waals surface area contributed by atoms with Gasteiger partial charge < -0.3 is 9.64 Å². The maximum absolute atomic E-state index is 5.19. The van der Waals surface area contributed by atoms with Crippen LogP contribution in [0, 0.1) is 13.8 Å². The zero-order valence-electron chi connectivity index (χ0n) is 13.5. The van der Waals surface area contributed by atoms with E-state index in [1.807, 2.05) is 26.2 Å². The van der Waals surface area contributed by atoms with Crippen molar-refractivity contribution in [1.82, 2.24) is 14.9 Å². The second-order valence-electron chi connectivity index (χ2n) is 5.55. The first-order valence-electron chi connectivity index (χ1n) is 7.10. The van der Waals surface area contributed by atoms with Crippen molar-refractivity contribution in [3.63, 3.8) is 0 Å². The molecule has 0 amide bonds. The number of aryl methyl sites for hydroxylation is 2. The highest BCUT2D eigenvalue weighted by molar-refractivity contribution is 5.34. The quantitative estimate of drug-likeness (QED) is 0.846. The minimum absolute atomic E-state index is 0.768. The van der Waals surface area contributed by atoms with Gasteiger partial charge in [-0.2, -0.15) is 0 Å². The predicted octanol–water partition coefficient (Wildman–Crippen LogP) is 2.75. The Morgan fingerprint density at radius 1 is 1.00 bits per heavy atom. The van der Waals surface area contributed by atoms with Crippen LogP contribution in [0.4, 0.5) is 0 Å². The fourth-order valence-electron chi connectivity index (χ4n) is 2.37. The maximum atomic E-state index is 5.19. The first kappa shape index (κ1) is 15.4. The van der Waals surface area contributed by atoms with Gasteiger partial charge in [-0.3, -0.25) is 0 Å². The van der Waals surface area contributed by atoms with Crippen molar-refractivity contribution < 1.29 is 4.74 Å². The highest BCUT2D eigenvalue weighted by atomic mass is 16.5. The number of aromatic nitrogens is 2. The number of ether oxygens (including phenoxy) is 1. The minimum Gasteiger partial charge on any atom is -0.497 e. The van der Waals surface area contributed by atoms with E-state index in [1.54, 1.807) is 7.11 Å². The molecule has 0 bridgehead atoms. The molecule has 1 aromatic heterocycles. The summed E-state index contributed by atoms with van der Waals surface area (Å²) in [4.78, 5) is 11.3. The Balaban J connectivity index is 2.23. The fraction of sp³-hybridized carbons (Fsp3) is 0.412. The molecule has 1 aromatic carbocycles. The van der Waals surface area contributed by atoms with Crippen molar-refractivity contribution in [2.45, 2.75) is 26.8 Å². The van der Waals surface area contributed by atoms with Crippen molar-refractivity contribution in [2.24, 2.45) is 0 Å². The van der Waals surface area contributed by atoms with Gasteiger partial charge in [0.15, 0.2) is 0 Å². The zero-order valence-corrected chi connectivity index (χ0v) is 13.5. The molecule has 2 rings (SSSR count). The summed E-state index contributed by atoms with van der Waals surface area (Å²) in [5.41, 5.74) is 4.58. The van der Waals surface area contributed by atoms with Gasteiger partial charge in [0.05, 0.1) is 13.7 Å². The lowest BCUT2D eigenvalue weighted by Gasteiger charge is -2.13. The molecule has 0 spiro atoms. The van der Waals surface area contributed by atoms with E-state index in [0.717, 1.165) is 35.9 Å². The fourth-order valence-corrected chi connectivity index (χ4v) is 2.37. The van der Waals surface area contributed by atoms with E-state index in [1.165, 1.54) is 11.1 Å². The van der Waals surface area contributed by atoms with Crippen molar-refractivity contribution in [3.8, 4) is 5.75 Å². The monoisotopic (exact) mass is 285 g/mol. The summed E-state index contributed by atoms with van der Waals surface area (Å²) < 4.78 is 5.19. The van der Waals surface area contributed by atoms with Crippen LogP contribution in [0.5, 0.6) is 5.75 Å². The van der Waals surface area contributed by atoms with Crippen molar-refractivity contribution in [2.75, 3.05) is 21.2 Å². The van der Waals surface area contributed by atoms with Crippen LogP contribution < -0.4 is 4.74 Å². The molecule has 1 heterocycles. The summed E-state index contributed by atoms with van der Waals surface area (Å²) >= 11 is 0. The molecule has 0 N–H and O–H groups in total. The molecule has 0 saturated heterocycles. The smallest absolute Gasteiger partial charge is 0.142 e. The maximum Gasteiger partial charge on any atom is 0.142 e. The van der Waals surface area contributed by atoms with Gasteiger partial charge in [-0.1, -0.05) is 12.1 Å². The Hall–Kier alpha value is -1.94. The molecule has 21 heavy (non-hydrogen) atoms. The third-order valence-corrected chi connectivity index (χ3v) is 3.46. The zero-order chi connectivity index (χ0) is 15.4. The molecular formula is C17H23N3O. The molecule has 112 valence electrons. The van der Waals surface area contributed by atoms with E-state index in [2.05, 4.69) is 40.8 Å². The van der Waals surface area contributed by atoms with E-state index in [4.69, 9.17) is 4.74 Å². The molecule has 4 heteroatoms. The van der Waals surface area contributed by atoms with Crippen LogP contribution in [0.2, 0.25) is 0 Å². The van der Waals surface area contributed by atoms with Crippen molar-refractivity contribution >= 4 is 0 Å². The Labute approximate surface area is 126 Å². The Morgan fingerprint density at radius 2 is 1.57 bits per heavy atom. The lowest BCUT2D eigenvalue weighted by atomic mass is 10.0. The molecule has 0 atom stereocenters. The molecule has 0 aliphatic carbocycles. The lowest BCUT2D eigenvalue weighted by molar-refractivity contribution is 0.389. The Kier molecular flexibility index (Phi) is 4.91. The number of hydrogen-bond donors (Lipinski definition) is 0. The number of hydrogen-bond acceptors (Lipinski definition) is 4. The topological polar surface area (TPSA) is 38.2 Å². The lowest BCUT2D eigenvalue weighted by Crippen LogP contribution is -2.15. The van der Waals surface area contributed by atoms with Crippen LogP contribution in [0.3, 0.4) is 0 Å². The van der Waals surface area contributed by atoms with Gasteiger partial charge in [-0.05, 0) is 51.2 Å². The highest BCUT2D eigenvalue weighted by Crippen LogP contribution is 2.18. The predicted molar refractivity (Wildman–Crippen MR) is 84.7 cm³/mol. The standard InChI is InChI=1S/C17H23N3O/c1-12-16(10-14-6-8-15(21-5)9-7-14)13(2)19-17(18-12)11-20(3)4/h6-9H,10-11H2,1-5H3. The first-order valence-corrected chi connectivity index (χ1v) is 7.10.